The summed E-state index contributed by atoms with van der Waals surface area (Å²) in [6, 6.07) is 0. The van der Waals surface area contributed by atoms with E-state index in [2.05, 4.69) is 18.7 Å². The number of piperidine rings is 1. The summed E-state index contributed by atoms with van der Waals surface area (Å²) in [6.45, 7) is 8.91. The molecule has 1 aliphatic carbocycles. The van der Waals surface area contributed by atoms with Gasteiger partial charge in [-0.25, -0.2) is 0 Å². The number of aliphatic hydroxyl groups is 1. The summed E-state index contributed by atoms with van der Waals surface area (Å²) in [5, 5.41) is 9.87. The van der Waals surface area contributed by atoms with Crippen LogP contribution in [0.3, 0.4) is 0 Å². The normalized spacial score (nSPS) is 37.4. The van der Waals surface area contributed by atoms with Crippen molar-refractivity contribution < 1.29 is 9.84 Å². The Balaban J connectivity index is 1.87. The SMILES string of the molecule is CCOC1CCCN(CC2(CO)CCC(C)CC2)C1. The van der Waals surface area contributed by atoms with Crippen molar-refractivity contribution in [2.75, 3.05) is 32.8 Å². The highest BCUT2D eigenvalue weighted by Gasteiger charge is 2.36. The Hall–Kier alpha value is -0.120. The molecule has 1 atom stereocenters. The van der Waals surface area contributed by atoms with E-state index in [4.69, 9.17) is 4.74 Å². The fraction of sp³-hybridized carbons (Fsp3) is 1.00. The van der Waals surface area contributed by atoms with Crippen LogP contribution in [0.15, 0.2) is 0 Å². The predicted molar refractivity (Wildman–Crippen MR) is 78.2 cm³/mol. The van der Waals surface area contributed by atoms with Gasteiger partial charge in [-0.2, -0.15) is 0 Å². The van der Waals surface area contributed by atoms with Gasteiger partial charge < -0.3 is 14.7 Å². The third kappa shape index (κ3) is 4.17. The maximum Gasteiger partial charge on any atom is 0.0702 e. The van der Waals surface area contributed by atoms with Gasteiger partial charge in [0.25, 0.3) is 0 Å². The van der Waals surface area contributed by atoms with E-state index in [0.717, 1.165) is 25.6 Å². The summed E-state index contributed by atoms with van der Waals surface area (Å²) >= 11 is 0. The third-order valence-corrected chi connectivity index (χ3v) is 5.09. The largest absolute Gasteiger partial charge is 0.396 e. The van der Waals surface area contributed by atoms with Gasteiger partial charge in [0.2, 0.25) is 0 Å². The van der Waals surface area contributed by atoms with Crippen molar-refractivity contribution in [3.8, 4) is 0 Å². The molecule has 0 amide bonds. The maximum atomic E-state index is 9.87. The zero-order valence-corrected chi connectivity index (χ0v) is 12.7. The van der Waals surface area contributed by atoms with Gasteiger partial charge in [-0.3, -0.25) is 0 Å². The van der Waals surface area contributed by atoms with Crippen molar-refractivity contribution in [3.05, 3.63) is 0 Å². The zero-order chi connectivity index (χ0) is 13.7. The van der Waals surface area contributed by atoms with Gasteiger partial charge in [0.05, 0.1) is 6.10 Å². The summed E-state index contributed by atoms with van der Waals surface area (Å²) in [5.41, 5.74) is 0.167. The maximum absolute atomic E-state index is 9.87. The minimum atomic E-state index is 0.167. The second kappa shape index (κ2) is 7.05. The molecule has 2 rings (SSSR count). The highest BCUT2D eigenvalue weighted by Crippen LogP contribution is 2.39. The minimum Gasteiger partial charge on any atom is -0.396 e. The Labute approximate surface area is 118 Å². The fourth-order valence-electron chi connectivity index (χ4n) is 3.74. The number of likely N-dealkylation sites (tertiary alicyclic amines) is 1. The van der Waals surface area contributed by atoms with E-state index in [1.807, 2.05) is 0 Å². The van der Waals surface area contributed by atoms with Gasteiger partial charge in [0.15, 0.2) is 0 Å². The van der Waals surface area contributed by atoms with Crippen LogP contribution in [-0.2, 0) is 4.74 Å². The second-order valence-electron chi connectivity index (χ2n) is 6.80. The second-order valence-corrected chi connectivity index (χ2v) is 6.80. The summed E-state index contributed by atoms with van der Waals surface area (Å²) < 4.78 is 5.78. The molecule has 1 N–H and O–H groups in total. The van der Waals surface area contributed by atoms with E-state index in [0.29, 0.717) is 12.7 Å². The number of hydrogen-bond acceptors (Lipinski definition) is 3. The molecular weight excluding hydrogens is 238 g/mol. The van der Waals surface area contributed by atoms with Gasteiger partial charge in [0, 0.05) is 31.7 Å². The quantitative estimate of drug-likeness (QED) is 0.833. The molecule has 0 aromatic rings. The highest BCUT2D eigenvalue weighted by molar-refractivity contribution is 4.88. The average molecular weight is 269 g/mol. The van der Waals surface area contributed by atoms with Crippen molar-refractivity contribution in [2.24, 2.45) is 11.3 Å². The van der Waals surface area contributed by atoms with E-state index in [1.165, 1.54) is 45.1 Å². The Morgan fingerprint density at radius 3 is 2.63 bits per heavy atom. The standard InChI is InChI=1S/C16H31NO2/c1-3-19-15-5-4-10-17(11-15)12-16(13-18)8-6-14(2)7-9-16/h14-15,18H,3-13H2,1-2H3. The molecule has 2 aliphatic rings. The topological polar surface area (TPSA) is 32.7 Å². The van der Waals surface area contributed by atoms with Crippen LogP contribution in [0, 0.1) is 11.3 Å². The van der Waals surface area contributed by atoms with Gasteiger partial charge in [-0.05, 0) is 45.1 Å². The molecule has 0 aromatic carbocycles. The molecule has 3 heteroatoms. The number of nitrogens with zero attached hydrogens (tertiary/aromatic N) is 1. The first-order valence-corrected chi connectivity index (χ1v) is 8.12. The van der Waals surface area contributed by atoms with Crippen LogP contribution >= 0.6 is 0 Å². The van der Waals surface area contributed by atoms with Crippen LogP contribution in [0.1, 0.15) is 52.4 Å². The molecule has 3 nitrogen and oxygen atoms in total. The van der Waals surface area contributed by atoms with Crippen LogP contribution in [-0.4, -0.2) is 49.0 Å². The summed E-state index contributed by atoms with van der Waals surface area (Å²) in [6.07, 6.45) is 7.81. The molecule has 2 fully saturated rings. The van der Waals surface area contributed by atoms with Crippen LogP contribution in [0.25, 0.3) is 0 Å². The third-order valence-electron chi connectivity index (χ3n) is 5.09. The zero-order valence-electron chi connectivity index (χ0n) is 12.7. The molecule has 0 aromatic heterocycles. The van der Waals surface area contributed by atoms with Crippen LogP contribution in [0.4, 0.5) is 0 Å². The Kier molecular flexibility index (Phi) is 5.67. The summed E-state index contributed by atoms with van der Waals surface area (Å²) in [7, 11) is 0. The lowest BCUT2D eigenvalue weighted by atomic mass is 9.71. The van der Waals surface area contributed by atoms with E-state index in [9.17, 15) is 5.11 Å². The van der Waals surface area contributed by atoms with Crippen molar-refractivity contribution in [1.29, 1.82) is 0 Å². The Morgan fingerprint density at radius 1 is 1.26 bits per heavy atom. The molecule has 1 aliphatic heterocycles. The molecule has 112 valence electrons. The average Bonchev–Trinajstić information content (AvgIpc) is 2.43. The number of hydrogen-bond donors (Lipinski definition) is 1. The van der Waals surface area contributed by atoms with Gasteiger partial charge in [-0.1, -0.05) is 19.8 Å². The van der Waals surface area contributed by atoms with Crippen molar-refractivity contribution in [3.63, 3.8) is 0 Å². The lowest BCUT2D eigenvalue weighted by Crippen LogP contribution is -2.48. The van der Waals surface area contributed by atoms with Crippen molar-refractivity contribution >= 4 is 0 Å². The summed E-state index contributed by atoms with van der Waals surface area (Å²) in [4.78, 5) is 2.54. The highest BCUT2D eigenvalue weighted by atomic mass is 16.5. The van der Waals surface area contributed by atoms with Gasteiger partial charge >= 0.3 is 0 Å². The lowest BCUT2D eigenvalue weighted by molar-refractivity contribution is -0.0266. The first-order valence-electron chi connectivity index (χ1n) is 8.12. The Morgan fingerprint density at radius 2 is 2.00 bits per heavy atom. The van der Waals surface area contributed by atoms with E-state index in [1.54, 1.807) is 0 Å². The van der Waals surface area contributed by atoms with Gasteiger partial charge in [-0.15, -0.1) is 0 Å². The van der Waals surface area contributed by atoms with E-state index < -0.39 is 0 Å². The van der Waals surface area contributed by atoms with Crippen molar-refractivity contribution in [2.45, 2.75) is 58.5 Å². The number of ether oxygens (including phenoxy) is 1. The minimum absolute atomic E-state index is 0.167. The summed E-state index contributed by atoms with van der Waals surface area (Å²) in [5.74, 6) is 0.845. The Bertz CT molecular complexity index is 259. The molecular formula is C16H31NO2. The molecule has 1 unspecified atom stereocenters. The van der Waals surface area contributed by atoms with Crippen molar-refractivity contribution in [1.82, 2.24) is 4.90 Å². The lowest BCUT2D eigenvalue weighted by Gasteiger charge is -2.43. The van der Waals surface area contributed by atoms with Crippen LogP contribution < -0.4 is 0 Å². The van der Waals surface area contributed by atoms with E-state index >= 15 is 0 Å². The monoisotopic (exact) mass is 269 g/mol. The molecule has 1 saturated heterocycles. The number of aliphatic hydroxyl groups excluding tert-OH is 1. The number of rotatable bonds is 5. The van der Waals surface area contributed by atoms with Crippen LogP contribution in [0.2, 0.25) is 0 Å². The first kappa shape index (κ1) is 15.3. The van der Waals surface area contributed by atoms with E-state index in [-0.39, 0.29) is 5.41 Å². The van der Waals surface area contributed by atoms with Gasteiger partial charge in [0.1, 0.15) is 0 Å². The first-order chi connectivity index (χ1) is 9.17. The molecule has 19 heavy (non-hydrogen) atoms. The van der Waals surface area contributed by atoms with Crippen LogP contribution in [0.5, 0.6) is 0 Å². The molecule has 1 heterocycles. The molecule has 0 bridgehead atoms. The fourth-order valence-corrected chi connectivity index (χ4v) is 3.74. The molecule has 1 saturated carbocycles. The molecule has 0 radical (unpaired) electrons. The smallest absolute Gasteiger partial charge is 0.0702 e. The molecule has 0 spiro atoms. The predicted octanol–water partition coefficient (Wildman–Crippen LogP) is 2.68.